The summed E-state index contributed by atoms with van der Waals surface area (Å²) < 4.78 is 3.76. The van der Waals surface area contributed by atoms with Crippen LogP contribution in [0.25, 0.3) is 11.2 Å². The summed E-state index contributed by atoms with van der Waals surface area (Å²) in [6, 6.07) is 1.91. The lowest BCUT2D eigenvalue weighted by atomic mass is 10.1. The van der Waals surface area contributed by atoms with Crippen molar-refractivity contribution in [3.63, 3.8) is 0 Å². The van der Waals surface area contributed by atoms with Crippen molar-refractivity contribution in [1.82, 2.24) is 24.0 Å². The van der Waals surface area contributed by atoms with Crippen LogP contribution in [0.1, 0.15) is 12.5 Å². The van der Waals surface area contributed by atoms with Gasteiger partial charge in [-0.3, -0.25) is 14.2 Å². The lowest BCUT2D eigenvalue weighted by Gasteiger charge is -2.14. The van der Waals surface area contributed by atoms with Crippen LogP contribution in [0.2, 0.25) is 0 Å². The number of carbonyl (C=O) groups excluding carboxylic acids is 1. The third-order valence-corrected chi connectivity index (χ3v) is 4.76. The van der Waals surface area contributed by atoms with Crippen molar-refractivity contribution in [2.75, 3.05) is 0 Å². The number of carbonyl (C=O) groups is 1. The van der Waals surface area contributed by atoms with Gasteiger partial charge in [0.2, 0.25) is 5.91 Å². The van der Waals surface area contributed by atoms with Crippen LogP contribution in [0, 0.1) is 0 Å². The first-order chi connectivity index (χ1) is 11.9. The Morgan fingerprint density at radius 2 is 2.12 bits per heavy atom. The summed E-state index contributed by atoms with van der Waals surface area (Å²) in [7, 11) is 3.21. The number of hydrogen-bond acceptors (Lipinski definition) is 5. The Bertz CT molecular complexity index is 1030. The molecule has 1 unspecified atom stereocenters. The summed E-state index contributed by atoms with van der Waals surface area (Å²) >= 11 is 1.60. The standard InChI is InChI=1S/C16H19N5O3S/c1-10(6-11-4-5-25-8-11)18-12(22)7-21-15(23)13-14(17-9-19(13)2)20(3)16(21)24/h4-5,8-10H,6-7H2,1-3H3,(H,18,22). The number of nitrogens with one attached hydrogen (secondary N) is 1. The van der Waals surface area contributed by atoms with Crippen LogP contribution in [-0.4, -0.2) is 30.6 Å². The molecule has 1 atom stereocenters. The van der Waals surface area contributed by atoms with Gasteiger partial charge in [-0.25, -0.2) is 14.3 Å². The van der Waals surface area contributed by atoms with E-state index in [2.05, 4.69) is 10.3 Å². The lowest BCUT2D eigenvalue weighted by Crippen LogP contribution is -2.45. The number of nitrogens with zero attached hydrogens (tertiary/aromatic N) is 4. The van der Waals surface area contributed by atoms with Crippen molar-refractivity contribution < 1.29 is 4.79 Å². The molecule has 25 heavy (non-hydrogen) atoms. The highest BCUT2D eigenvalue weighted by atomic mass is 32.1. The number of hydrogen-bond donors (Lipinski definition) is 1. The SMILES string of the molecule is CC(Cc1ccsc1)NC(=O)Cn1c(=O)c2c(ncn2C)n(C)c1=O. The molecule has 8 nitrogen and oxygen atoms in total. The number of rotatable bonds is 5. The molecule has 0 aliphatic rings. The number of imidazole rings is 1. The predicted molar refractivity (Wildman–Crippen MR) is 95.8 cm³/mol. The molecule has 0 aliphatic carbocycles. The summed E-state index contributed by atoms with van der Waals surface area (Å²) in [6.45, 7) is 1.57. The Morgan fingerprint density at radius 3 is 2.80 bits per heavy atom. The minimum absolute atomic E-state index is 0.0953. The third kappa shape index (κ3) is 3.27. The van der Waals surface area contributed by atoms with Crippen molar-refractivity contribution >= 4 is 28.4 Å². The molecule has 0 radical (unpaired) electrons. The second-order valence-corrected chi connectivity index (χ2v) is 6.84. The van der Waals surface area contributed by atoms with Crippen LogP contribution in [-0.2, 0) is 31.9 Å². The third-order valence-electron chi connectivity index (χ3n) is 4.03. The lowest BCUT2D eigenvalue weighted by molar-refractivity contribution is -0.122. The Labute approximate surface area is 147 Å². The highest BCUT2D eigenvalue weighted by molar-refractivity contribution is 7.07. The first-order valence-corrected chi connectivity index (χ1v) is 8.74. The van der Waals surface area contributed by atoms with Crippen molar-refractivity contribution in [2.45, 2.75) is 25.9 Å². The molecule has 3 heterocycles. The first kappa shape index (κ1) is 17.2. The minimum Gasteiger partial charge on any atom is -0.352 e. The first-order valence-electron chi connectivity index (χ1n) is 7.79. The zero-order chi connectivity index (χ0) is 18.1. The van der Waals surface area contributed by atoms with Gasteiger partial charge in [-0.15, -0.1) is 0 Å². The van der Waals surface area contributed by atoms with Crippen LogP contribution < -0.4 is 16.6 Å². The van der Waals surface area contributed by atoms with Crippen LogP contribution in [0.5, 0.6) is 0 Å². The van der Waals surface area contributed by atoms with Crippen molar-refractivity contribution in [1.29, 1.82) is 0 Å². The Morgan fingerprint density at radius 1 is 1.36 bits per heavy atom. The molecule has 9 heteroatoms. The molecule has 0 fully saturated rings. The van der Waals surface area contributed by atoms with Crippen LogP contribution in [0.15, 0.2) is 32.7 Å². The summed E-state index contributed by atoms with van der Waals surface area (Å²) in [4.78, 5) is 41.3. The topological polar surface area (TPSA) is 90.9 Å². The number of amides is 1. The Kier molecular flexibility index (Phi) is 4.58. The van der Waals surface area contributed by atoms with Gasteiger partial charge in [0.25, 0.3) is 5.56 Å². The Balaban J connectivity index is 1.83. The number of aromatic nitrogens is 4. The van der Waals surface area contributed by atoms with E-state index in [-0.39, 0.29) is 18.5 Å². The van der Waals surface area contributed by atoms with E-state index >= 15 is 0 Å². The quantitative estimate of drug-likeness (QED) is 0.705. The zero-order valence-electron chi connectivity index (χ0n) is 14.2. The molecule has 0 saturated carbocycles. The van der Waals surface area contributed by atoms with Crippen molar-refractivity contribution in [2.24, 2.45) is 14.1 Å². The van der Waals surface area contributed by atoms with Gasteiger partial charge in [0.1, 0.15) is 6.54 Å². The fourth-order valence-electron chi connectivity index (χ4n) is 2.81. The average molecular weight is 361 g/mol. The fourth-order valence-corrected chi connectivity index (χ4v) is 3.49. The minimum atomic E-state index is -0.558. The fraction of sp³-hybridized carbons (Fsp3) is 0.375. The van der Waals surface area contributed by atoms with Gasteiger partial charge in [-0.1, -0.05) is 0 Å². The Hall–Kier alpha value is -2.68. The smallest absolute Gasteiger partial charge is 0.332 e. The maximum absolute atomic E-state index is 12.6. The second kappa shape index (κ2) is 6.67. The molecule has 1 amide bonds. The molecular weight excluding hydrogens is 342 g/mol. The summed E-state index contributed by atoms with van der Waals surface area (Å²) in [5, 5.41) is 6.84. The monoisotopic (exact) mass is 361 g/mol. The van der Waals surface area contributed by atoms with Crippen molar-refractivity contribution in [3.05, 3.63) is 49.6 Å². The summed E-state index contributed by atoms with van der Waals surface area (Å²) in [5.41, 5.74) is 0.666. The number of fused-ring (bicyclic) bond motifs is 1. The molecule has 0 aliphatic heterocycles. The van der Waals surface area contributed by atoms with Crippen LogP contribution >= 0.6 is 11.3 Å². The van der Waals surface area contributed by atoms with E-state index in [9.17, 15) is 14.4 Å². The molecule has 0 bridgehead atoms. The molecule has 3 aromatic heterocycles. The average Bonchev–Trinajstić information content (AvgIpc) is 3.19. The van der Waals surface area contributed by atoms with Gasteiger partial charge in [-0.05, 0) is 35.7 Å². The van der Waals surface area contributed by atoms with E-state index in [0.29, 0.717) is 17.6 Å². The zero-order valence-corrected chi connectivity index (χ0v) is 15.0. The molecule has 0 spiro atoms. The van der Waals surface area contributed by atoms with Gasteiger partial charge >= 0.3 is 5.69 Å². The normalized spacial score (nSPS) is 12.4. The molecule has 132 valence electrons. The van der Waals surface area contributed by atoms with Crippen LogP contribution in [0.3, 0.4) is 0 Å². The summed E-state index contributed by atoms with van der Waals surface area (Å²) in [6.07, 6.45) is 2.17. The summed E-state index contributed by atoms with van der Waals surface area (Å²) in [5.74, 6) is -0.372. The van der Waals surface area contributed by atoms with Crippen LogP contribution in [0.4, 0.5) is 0 Å². The van der Waals surface area contributed by atoms with E-state index < -0.39 is 11.2 Å². The molecule has 1 N–H and O–H groups in total. The molecule has 0 aromatic carbocycles. The highest BCUT2D eigenvalue weighted by Crippen LogP contribution is 2.08. The van der Waals surface area contributed by atoms with E-state index in [1.54, 1.807) is 23.0 Å². The van der Waals surface area contributed by atoms with E-state index in [4.69, 9.17) is 0 Å². The number of thiophene rings is 1. The predicted octanol–water partition coefficient (Wildman–Crippen LogP) is 0.243. The van der Waals surface area contributed by atoms with E-state index in [1.165, 1.54) is 17.9 Å². The number of aryl methyl sites for hydroxylation is 2. The van der Waals surface area contributed by atoms with Gasteiger partial charge in [0.15, 0.2) is 11.2 Å². The van der Waals surface area contributed by atoms with Gasteiger partial charge in [0, 0.05) is 20.1 Å². The maximum atomic E-state index is 12.6. The van der Waals surface area contributed by atoms with Crippen molar-refractivity contribution in [3.8, 4) is 0 Å². The maximum Gasteiger partial charge on any atom is 0.332 e. The molecule has 3 aromatic rings. The van der Waals surface area contributed by atoms with E-state index in [0.717, 1.165) is 10.1 Å². The highest BCUT2D eigenvalue weighted by Gasteiger charge is 2.17. The molecule has 0 saturated heterocycles. The molecular formula is C16H19N5O3S. The van der Waals surface area contributed by atoms with E-state index in [1.807, 2.05) is 23.8 Å². The van der Waals surface area contributed by atoms with Gasteiger partial charge in [0.05, 0.1) is 6.33 Å². The van der Waals surface area contributed by atoms with Gasteiger partial charge in [-0.2, -0.15) is 11.3 Å². The largest absolute Gasteiger partial charge is 0.352 e. The van der Waals surface area contributed by atoms with Gasteiger partial charge < -0.3 is 9.88 Å². The second-order valence-electron chi connectivity index (χ2n) is 6.06. The molecule has 3 rings (SSSR count).